The molecule has 1 aromatic carbocycles. The Morgan fingerprint density at radius 1 is 1.23 bits per heavy atom. The average Bonchev–Trinajstić information content (AvgIpc) is 2.46. The Balaban J connectivity index is 2.10. The molecule has 0 unspecified atom stereocenters. The molecular weight excluding hydrogens is 276 g/mol. The average molecular weight is 300 g/mol. The predicted molar refractivity (Wildman–Crippen MR) is 90.3 cm³/mol. The highest BCUT2D eigenvalue weighted by Gasteiger charge is 2.06. The Kier molecular flexibility index (Phi) is 5.36. The third-order valence-corrected chi connectivity index (χ3v) is 3.84. The van der Waals surface area contributed by atoms with E-state index in [0.717, 1.165) is 29.3 Å². The van der Waals surface area contributed by atoms with Crippen LogP contribution in [0.25, 0.3) is 10.9 Å². The summed E-state index contributed by atoms with van der Waals surface area (Å²) >= 11 is 0. The molecule has 0 aliphatic heterocycles. The summed E-state index contributed by atoms with van der Waals surface area (Å²) in [5.74, 6) is 0.0609. The van der Waals surface area contributed by atoms with Crippen molar-refractivity contribution >= 4 is 16.8 Å². The first-order valence-corrected chi connectivity index (χ1v) is 7.91. The summed E-state index contributed by atoms with van der Waals surface area (Å²) in [5, 5.41) is 3.92. The monoisotopic (exact) mass is 300 g/mol. The maximum Gasteiger partial charge on any atom is 0.251 e. The van der Waals surface area contributed by atoms with Crippen molar-refractivity contribution in [3.8, 4) is 0 Å². The number of pyridine rings is 1. The molecule has 0 aliphatic rings. The van der Waals surface area contributed by atoms with Crippen LogP contribution in [0, 0.1) is 13.8 Å². The van der Waals surface area contributed by atoms with Crippen molar-refractivity contribution in [1.82, 2.24) is 10.3 Å². The van der Waals surface area contributed by atoms with Crippen molar-refractivity contribution in [3.05, 3.63) is 45.2 Å². The van der Waals surface area contributed by atoms with Crippen LogP contribution in [0.4, 0.5) is 0 Å². The Labute approximate surface area is 130 Å². The number of aryl methyl sites for hydroxylation is 2. The number of rotatable bonds is 6. The lowest BCUT2D eigenvalue weighted by Crippen LogP contribution is -2.27. The summed E-state index contributed by atoms with van der Waals surface area (Å²) in [6.07, 6.45) is 3.02. The largest absolute Gasteiger partial charge is 0.356 e. The van der Waals surface area contributed by atoms with Gasteiger partial charge in [-0.05, 0) is 49.8 Å². The second-order valence-electron chi connectivity index (χ2n) is 5.87. The Morgan fingerprint density at radius 2 is 2.00 bits per heavy atom. The molecule has 4 nitrogen and oxygen atoms in total. The molecule has 118 valence electrons. The fourth-order valence-corrected chi connectivity index (χ4v) is 2.68. The highest BCUT2D eigenvalue weighted by Crippen LogP contribution is 2.18. The van der Waals surface area contributed by atoms with Gasteiger partial charge in [-0.3, -0.25) is 9.59 Å². The molecular formula is C18H24N2O2. The molecule has 0 atom stereocenters. The Morgan fingerprint density at radius 3 is 2.73 bits per heavy atom. The van der Waals surface area contributed by atoms with Gasteiger partial charge in [0.05, 0.1) is 5.52 Å². The minimum atomic E-state index is -0.0674. The van der Waals surface area contributed by atoms with Crippen molar-refractivity contribution < 1.29 is 4.79 Å². The van der Waals surface area contributed by atoms with Gasteiger partial charge in [0, 0.05) is 18.5 Å². The maximum absolute atomic E-state index is 12.1. The number of unbranched alkanes of at least 4 members (excludes halogenated alkanes) is 1. The van der Waals surface area contributed by atoms with E-state index >= 15 is 0 Å². The number of nitrogens with one attached hydrogen (secondary N) is 2. The van der Waals surface area contributed by atoms with Crippen molar-refractivity contribution in [1.29, 1.82) is 0 Å². The normalized spacial score (nSPS) is 10.9. The molecule has 22 heavy (non-hydrogen) atoms. The summed E-state index contributed by atoms with van der Waals surface area (Å²) < 4.78 is 0. The van der Waals surface area contributed by atoms with Gasteiger partial charge < -0.3 is 10.3 Å². The number of fused-ring (bicyclic) bond motifs is 1. The minimum Gasteiger partial charge on any atom is -0.356 e. The first-order valence-electron chi connectivity index (χ1n) is 7.91. The van der Waals surface area contributed by atoms with E-state index in [9.17, 15) is 9.59 Å². The van der Waals surface area contributed by atoms with E-state index in [1.165, 1.54) is 5.56 Å². The molecule has 2 aromatic rings. The second-order valence-corrected chi connectivity index (χ2v) is 5.87. The Bertz CT molecular complexity index is 732. The third-order valence-electron chi connectivity index (χ3n) is 3.84. The van der Waals surface area contributed by atoms with Gasteiger partial charge in [-0.1, -0.05) is 25.0 Å². The van der Waals surface area contributed by atoms with Gasteiger partial charge in [0.15, 0.2) is 0 Å². The van der Waals surface area contributed by atoms with Crippen LogP contribution in [0.5, 0.6) is 0 Å². The summed E-state index contributed by atoms with van der Waals surface area (Å²) in [6.45, 7) is 6.61. The zero-order valence-electron chi connectivity index (χ0n) is 13.6. The standard InChI is InChI=1S/C18H24N2O2/c1-4-5-6-16(21)19-8-7-14-11-15-10-12(2)9-13(3)17(15)20-18(14)22/h9-11H,4-8H2,1-3H3,(H,19,21)(H,20,22). The van der Waals surface area contributed by atoms with E-state index in [2.05, 4.69) is 29.4 Å². The third kappa shape index (κ3) is 3.97. The molecule has 0 saturated carbocycles. The van der Waals surface area contributed by atoms with E-state index in [-0.39, 0.29) is 11.5 Å². The van der Waals surface area contributed by atoms with Crippen LogP contribution in [-0.4, -0.2) is 17.4 Å². The van der Waals surface area contributed by atoms with Gasteiger partial charge in [-0.2, -0.15) is 0 Å². The van der Waals surface area contributed by atoms with Crippen LogP contribution in [0.1, 0.15) is 42.9 Å². The van der Waals surface area contributed by atoms with E-state index in [0.29, 0.717) is 24.9 Å². The molecule has 1 amide bonds. The predicted octanol–water partition coefficient (Wildman–Crippen LogP) is 2.99. The number of carbonyl (C=O) groups excluding carboxylic acids is 1. The smallest absolute Gasteiger partial charge is 0.251 e. The van der Waals surface area contributed by atoms with E-state index in [1.54, 1.807) is 0 Å². The van der Waals surface area contributed by atoms with E-state index in [4.69, 9.17) is 0 Å². The van der Waals surface area contributed by atoms with Crippen LogP contribution in [0.3, 0.4) is 0 Å². The van der Waals surface area contributed by atoms with Gasteiger partial charge in [-0.15, -0.1) is 0 Å². The fraction of sp³-hybridized carbons (Fsp3) is 0.444. The number of hydrogen-bond donors (Lipinski definition) is 2. The van der Waals surface area contributed by atoms with Crippen LogP contribution in [0.2, 0.25) is 0 Å². The molecule has 0 bridgehead atoms. The highest BCUT2D eigenvalue weighted by atomic mass is 16.1. The lowest BCUT2D eigenvalue weighted by atomic mass is 10.0. The Hall–Kier alpha value is -2.10. The number of aromatic nitrogens is 1. The van der Waals surface area contributed by atoms with Gasteiger partial charge in [0.1, 0.15) is 0 Å². The molecule has 0 aliphatic carbocycles. The number of amides is 1. The minimum absolute atomic E-state index is 0.0609. The van der Waals surface area contributed by atoms with E-state index < -0.39 is 0 Å². The highest BCUT2D eigenvalue weighted by molar-refractivity contribution is 5.82. The van der Waals surface area contributed by atoms with Crippen LogP contribution < -0.4 is 10.9 Å². The summed E-state index contributed by atoms with van der Waals surface area (Å²) in [7, 11) is 0. The first-order chi connectivity index (χ1) is 10.5. The SMILES string of the molecule is CCCCC(=O)NCCc1cc2cc(C)cc(C)c2[nH]c1=O. The lowest BCUT2D eigenvalue weighted by Gasteiger charge is -2.08. The van der Waals surface area contributed by atoms with Crippen molar-refractivity contribution in [2.75, 3.05) is 6.54 Å². The van der Waals surface area contributed by atoms with Gasteiger partial charge in [-0.25, -0.2) is 0 Å². The molecule has 0 saturated heterocycles. The number of hydrogen-bond acceptors (Lipinski definition) is 2. The van der Waals surface area contributed by atoms with Crippen LogP contribution >= 0.6 is 0 Å². The van der Waals surface area contributed by atoms with Crippen molar-refractivity contribution in [3.63, 3.8) is 0 Å². The van der Waals surface area contributed by atoms with E-state index in [1.807, 2.05) is 19.9 Å². The molecule has 0 radical (unpaired) electrons. The first kappa shape index (κ1) is 16.3. The molecule has 1 aromatic heterocycles. The van der Waals surface area contributed by atoms with Crippen molar-refractivity contribution in [2.45, 2.75) is 46.5 Å². The molecule has 4 heteroatoms. The zero-order chi connectivity index (χ0) is 16.1. The summed E-state index contributed by atoms with van der Waals surface area (Å²) in [5.41, 5.74) is 3.80. The quantitative estimate of drug-likeness (QED) is 0.861. The van der Waals surface area contributed by atoms with Crippen molar-refractivity contribution in [2.24, 2.45) is 0 Å². The summed E-state index contributed by atoms with van der Waals surface area (Å²) in [4.78, 5) is 26.7. The number of benzene rings is 1. The topological polar surface area (TPSA) is 62.0 Å². The lowest BCUT2D eigenvalue weighted by molar-refractivity contribution is -0.121. The number of H-pyrrole nitrogens is 1. The zero-order valence-corrected chi connectivity index (χ0v) is 13.6. The second kappa shape index (κ2) is 7.25. The van der Waals surface area contributed by atoms with Crippen LogP contribution in [0.15, 0.2) is 23.0 Å². The number of carbonyl (C=O) groups is 1. The molecule has 0 spiro atoms. The van der Waals surface area contributed by atoms with Gasteiger partial charge in [0.25, 0.3) is 5.56 Å². The molecule has 2 rings (SSSR count). The molecule has 2 N–H and O–H groups in total. The fourth-order valence-electron chi connectivity index (χ4n) is 2.68. The molecule has 1 heterocycles. The maximum atomic E-state index is 12.1. The van der Waals surface area contributed by atoms with Gasteiger partial charge >= 0.3 is 0 Å². The number of aromatic amines is 1. The summed E-state index contributed by atoms with van der Waals surface area (Å²) in [6, 6.07) is 6.07. The van der Waals surface area contributed by atoms with Gasteiger partial charge in [0.2, 0.25) is 5.91 Å². The van der Waals surface area contributed by atoms with Crippen LogP contribution in [-0.2, 0) is 11.2 Å². The molecule has 0 fully saturated rings.